The van der Waals surface area contributed by atoms with Crippen LogP contribution in [0.15, 0.2) is 51.8 Å². The van der Waals surface area contributed by atoms with Crippen LogP contribution in [0.5, 0.6) is 0 Å². The molecule has 2 fully saturated rings. The number of rotatable bonds is 7. The minimum Gasteiger partial charge on any atom is -0.449 e. The molecular weight excluding hydrogens is 550 g/mol. The molecule has 2 aliphatic heterocycles. The fourth-order valence-electron chi connectivity index (χ4n) is 4.78. The van der Waals surface area contributed by atoms with Crippen molar-refractivity contribution in [3.63, 3.8) is 0 Å². The average Bonchev–Trinajstić information content (AvgIpc) is 3.42. The second-order valence-corrected chi connectivity index (χ2v) is 9.78. The summed E-state index contributed by atoms with van der Waals surface area (Å²) in [4.78, 5) is 68.8. The molecule has 3 aromatic rings. The third kappa shape index (κ3) is 6.39. The van der Waals surface area contributed by atoms with E-state index in [1.807, 2.05) is 6.92 Å². The zero-order chi connectivity index (χ0) is 29.8. The second-order valence-electron chi connectivity index (χ2n) is 9.78. The number of H-pyrrole nitrogens is 1. The molecule has 14 nitrogen and oxygen atoms in total. The van der Waals surface area contributed by atoms with E-state index < -0.39 is 35.7 Å². The van der Waals surface area contributed by atoms with Crippen molar-refractivity contribution >= 4 is 35.1 Å². The Kier molecular flexibility index (Phi) is 8.45. The van der Waals surface area contributed by atoms with E-state index in [0.717, 1.165) is 12.5 Å². The van der Waals surface area contributed by atoms with Gasteiger partial charge in [-0.05, 0) is 55.0 Å². The molecule has 0 spiro atoms. The Balaban J connectivity index is 1.34. The Bertz CT molecular complexity index is 1540. The standard InChI is InChI=1S/C28H29N5O9/c1-16-13-19(26(36)32-7-10-39-11-8-32)15-21(14-16)33-9-12-40-23(27(33)37)22(41-17(2)34)25(35)29-20-5-3-18(4-6-20)24-30-28(38)42-31-24/h3-6,13-15,22-23H,7-12H2,1-2H3,(H,29,35)(H,30,31,38)/t22-,23-/m1/s1. The highest BCUT2D eigenvalue weighted by Crippen LogP contribution is 2.26. The van der Waals surface area contributed by atoms with E-state index in [1.54, 1.807) is 47.4 Å². The fourth-order valence-corrected chi connectivity index (χ4v) is 4.78. The average molecular weight is 580 g/mol. The van der Waals surface area contributed by atoms with Gasteiger partial charge in [0.05, 0.1) is 19.8 Å². The maximum absolute atomic E-state index is 13.7. The predicted octanol–water partition coefficient (Wildman–Crippen LogP) is 1.11. The normalized spacial score (nSPS) is 18.0. The van der Waals surface area contributed by atoms with Crippen molar-refractivity contribution in [1.29, 1.82) is 0 Å². The first-order chi connectivity index (χ1) is 20.2. The summed E-state index contributed by atoms with van der Waals surface area (Å²) in [5.74, 6) is -2.81. The second kappa shape index (κ2) is 12.4. The van der Waals surface area contributed by atoms with Crippen molar-refractivity contribution < 1.29 is 37.9 Å². The first-order valence-corrected chi connectivity index (χ1v) is 13.3. The lowest BCUT2D eigenvalue weighted by Gasteiger charge is -2.35. The number of hydrogen-bond acceptors (Lipinski definition) is 10. The van der Waals surface area contributed by atoms with Crippen LogP contribution in [0.25, 0.3) is 11.4 Å². The molecule has 1 aromatic heterocycles. The molecular formula is C28H29N5O9. The van der Waals surface area contributed by atoms with E-state index in [9.17, 15) is 24.0 Å². The molecule has 2 aromatic carbocycles. The molecule has 2 saturated heterocycles. The van der Waals surface area contributed by atoms with Crippen LogP contribution in [-0.2, 0) is 28.6 Å². The third-order valence-corrected chi connectivity index (χ3v) is 6.73. The monoisotopic (exact) mass is 579 g/mol. The number of hydrogen-bond donors (Lipinski definition) is 2. The number of aromatic nitrogens is 2. The van der Waals surface area contributed by atoms with Crippen molar-refractivity contribution in [3.05, 3.63) is 64.1 Å². The Morgan fingerprint density at radius 2 is 1.79 bits per heavy atom. The maximum atomic E-state index is 13.7. The Labute approximate surface area is 239 Å². The lowest BCUT2D eigenvalue weighted by molar-refractivity contribution is -0.167. The zero-order valence-corrected chi connectivity index (χ0v) is 23.0. The molecule has 14 heteroatoms. The minimum absolute atomic E-state index is 0.0622. The van der Waals surface area contributed by atoms with E-state index in [0.29, 0.717) is 48.8 Å². The lowest BCUT2D eigenvalue weighted by atomic mass is 10.1. The van der Waals surface area contributed by atoms with Gasteiger partial charge in [0.2, 0.25) is 6.10 Å². The number of carbonyl (C=O) groups excluding carboxylic acids is 4. The van der Waals surface area contributed by atoms with Gasteiger partial charge in [-0.3, -0.25) is 28.7 Å². The van der Waals surface area contributed by atoms with Crippen LogP contribution in [0.1, 0.15) is 22.8 Å². The van der Waals surface area contributed by atoms with Crippen molar-refractivity contribution in [1.82, 2.24) is 15.0 Å². The summed E-state index contributed by atoms with van der Waals surface area (Å²) in [6.07, 6.45) is -3.02. The van der Waals surface area contributed by atoms with Crippen LogP contribution >= 0.6 is 0 Å². The van der Waals surface area contributed by atoms with Crippen LogP contribution in [0.2, 0.25) is 0 Å². The summed E-state index contributed by atoms with van der Waals surface area (Å²) in [6, 6.07) is 11.4. The Hall–Kier alpha value is -4.82. The highest BCUT2D eigenvalue weighted by molar-refractivity contribution is 6.05. The molecule has 5 rings (SSSR count). The molecule has 220 valence electrons. The number of nitrogens with one attached hydrogen (secondary N) is 2. The van der Waals surface area contributed by atoms with E-state index in [1.165, 1.54) is 4.90 Å². The van der Waals surface area contributed by atoms with Gasteiger partial charge in [-0.1, -0.05) is 5.16 Å². The maximum Gasteiger partial charge on any atom is 0.439 e. The number of anilines is 2. The number of aryl methyl sites for hydroxylation is 1. The van der Waals surface area contributed by atoms with Gasteiger partial charge in [0.25, 0.3) is 17.7 Å². The molecule has 0 radical (unpaired) electrons. The molecule has 0 aliphatic carbocycles. The van der Waals surface area contributed by atoms with Crippen molar-refractivity contribution in [2.45, 2.75) is 26.1 Å². The smallest absolute Gasteiger partial charge is 0.439 e. The minimum atomic E-state index is -1.59. The van der Waals surface area contributed by atoms with Gasteiger partial charge in [-0.15, -0.1) is 0 Å². The number of morpholine rings is 2. The van der Waals surface area contributed by atoms with Gasteiger partial charge >= 0.3 is 11.7 Å². The molecule has 0 unspecified atom stereocenters. The first-order valence-electron chi connectivity index (χ1n) is 13.3. The summed E-state index contributed by atoms with van der Waals surface area (Å²) in [7, 11) is 0. The van der Waals surface area contributed by atoms with Gasteiger partial charge in [-0.2, -0.15) is 0 Å². The van der Waals surface area contributed by atoms with E-state index >= 15 is 0 Å². The topological polar surface area (TPSA) is 173 Å². The number of aromatic amines is 1. The molecule has 3 heterocycles. The van der Waals surface area contributed by atoms with Gasteiger partial charge in [0.1, 0.15) is 0 Å². The van der Waals surface area contributed by atoms with Crippen LogP contribution in [0.4, 0.5) is 11.4 Å². The molecule has 0 saturated carbocycles. The van der Waals surface area contributed by atoms with Crippen molar-refractivity contribution in [3.8, 4) is 11.4 Å². The number of esters is 1. The number of benzene rings is 2. The van der Waals surface area contributed by atoms with Gasteiger partial charge < -0.3 is 29.3 Å². The van der Waals surface area contributed by atoms with Gasteiger partial charge in [-0.25, -0.2) is 4.79 Å². The van der Waals surface area contributed by atoms with Crippen LogP contribution in [0.3, 0.4) is 0 Å². The fraction of sp³-hybridized carbons (Fsp3) is 0.357. The number of carbonyl (C=O) groups is 4. The molecule has 2 N–H and O–H groups in total. The van der Waals surface area contributed by atoms with Gasteiger partial charge in [0, 0.05) is 49.1 Å². The van der Waals surface area contributed by atoms with Crippen molar-refractivity contribution in [2.75, 3.05) is 49.7 Å². The zero-order valence-electron chi connectivity index (χ0n) is 23.0. The van der Waals surface area contributed by atoms with Crippen LogP contribution < -0.4 is 16.0 Å². The third-order valence-electron chi connectivity index (χ3n) is 6.73. The Morgan fingerprint density at radius 1 is 1.05 bits per heavy atom. The van der Waals surface area contributed by atoms with E-state index in [2.05, 4.69) is 20.0 Å². The predicted molar refractivity (Wildman–Crippen MR) is 147 cm³/mol. The summed E-state index contributed by atoms with van der Waals surface area (Å²) in [5.41, 5.74) is 2.52. The van der Waals surface area contributed by atoms with Crippen LogP contribution in [0, 0.1) is 6.92 Å². The summed E-state index contributed by atoms with van der Waals surface area (Å²) >= 11 is 0. The summed E-state index contributed by atoms with van der Waals surface area (Å²) in [6.45, 7) is 5.05. The number of ether oxygens (including phenoxy) is 3. The van der Waals surface area contributed by atoms with Gasteiger partial charge in [0.15, 0.2) is 11.9 Å². The highest BCUT2D eigenvalue weighted by Gasteiger charge is 2.43. The molecule has 2 atom stereocenters. The first kappa shape index (κ1) is 28.7. The lowest BCUT2D eigenvalue weighted by Crippen LogP contribution is -2.56. The van der Waals surface area contributed by atoms with Crippen LogP contribution in [-0.4, -0.2) is 90.4 Å². The molecule has 3 amide bonds. The largest absolute Gasteiger partial charge is 0.449 e. The number of amides is 3. The van der Waals surface area contributed by atoms with E-state index in [4.69, 9.17) is 14.2 Å². The Morgan fingerprint density at radius 3 is 2.45 bits per heavy atom. The molecule has 42 heavy (non-hydrogen) atoms. The molecule has 0 bridgehead atoms. The number of nitrogens with zero attached hydrogens (tertiary/aromatic N) is 3. The van der Waals surface area contributed by atoms with E-state index in [-0.39, 0.29) is 24.9 Å². The van der Waals surface area contributed by atoms with Crippen molar-refractivity contribution in [2.24, 2.45) is 0 Å². The summed E-state index contributed by atoms with van der Waals surface area (Å²) < 4.78 is 20.8. The highest BCUT2D eigenvalue weighted by atomic mass is 16.6. The quantitative estimate of drug-likeness (QED) is 0.386. The summed E-state index contributed by atoms with van der Waals surface area (Å²) in [5, 5.41) is 6.24. The molecule has 2 aliphatic rings. The SMILES string of the molecule is CC(=O)O[C@@H](C(=O)Nc1ccc(-c2noc(=O)[nH]2)cc1)[C@H]1OCCN(c2cc(C)cc(C(=O)N3CCOCC3)c2)C1=O.